The molecule has 0 fully saturated rings. The van der Waals surface area contributed by atoms with Crippen molar-refractivity contribution in [3.63, 3.8) is 0 Å². The number of fused-ring (bicyclic) bond motifs is 1. The van der Waals surface area contributed by atoms with Gasteiger partial charge in [0.2, 0.25) is 0 Å². The van der Waals surface area contributed by atoms with Gasteiger partial charge in [-0.3, -0.25) is 4.79 Å². The minimum Gasteiger partial charge on any atom is -0.383 e. The van der Waals surface area contributed by atoms with Gasteiger partial charge in [0, 0.05) is 19.0 Å². The van der Waals surface area contributed by atoms with Crippen LogP contribution in [-0.2, 0) is 24.2 Å². The molecule has 0 spiro atoms. The van der Waals surface area contributed by atoms with E-state index in [0.717, 1.165) is 18.2 Å². The van der Waals surface area contributed by atoms with Crippen LogP contribution in [0.2, 0.25) is 0 Å². The average Bonchev–Trinajstić information content (AvgIpc) is 2.76. The van der Waals surface area contributed by atoms with Gasteiger partial charge in [-0.2, -0.15) is 5.10 Å². The van der Waals surface area contributed by atoms with E-state index in [1.54, 1.807) is 13.2 Å². The Morgan fingerprint density at radius 2 is 1.76 bits per heavy atom. The van der Waals surface area contributed by atoms with Crippen molar-refractivity contribution >= 4 is 16.8 Å². The lowest BCUT2D eigenvalue weighted by atomic mass is 10.1. The Bertz CT molecular complexity index is 1000. The first-order valence-electron chi connectivity index (χ1n) is 9.72. The van der Waals surface area contributed by atoms with Gasteiger partial charge in [0.15, 0.2) is 0 Å². The molecule has 1 heterocycles. The van der Waals surface area contributed by atoms with E-state index >= 15 is 0 Å². The summed E-state index contributed by atoms with van der Waals surface area (Å²) in [4.78, 5) is 24.7. The molecule has 2 aromatic carbocycles. The molecule has 0 aliphatic heterocycles. The highest BCUT2D eigenvalue weighted by Crippen LogP contribution is 2.13. The van der Waals surface area contributed by atoms with Gasteiger partial charge in [0.05, 0.1) is 30.8 Å². The Balaban J connectivity index is 1.58. The van der Waals surface area contributed by atoms with Crippen molar-refractivity contribution in [1.29, 1.82) is 0 Å². The number of hydrogen-bond acceptors (Lipinski definition) is 4. The highest BCUT2D eigenvalue weighted by Gasteiger charge is 2.11. The van der Waals surface area contributed by atoms with E-state index in [-0.39, 0.29) is 18.1 Å². The number of carbonyl (C=O) groups is 1. The van der Waals surface area contributed by atoms with Crippen LogP contribution in [0.1, 0.15) is 17.7 Å². The third-order valence-corrected chi connectivity index (χ3v) is 4.64. The Labute approximate surface area is 169 Å². The Kier molecular flexibility index (Phi) is 7.35. The molecule has 2 amide bonds. The molecule has 29 heavy (non-hydrogen) atoms. The van der Waals surface area contributed by atoms with Gasteiger partial charge in [-0.1, -0.05) is 48.5 Å². The van der Waals surface area contributed by atoms with Crippen molar-refractivity contribution in [1.82, 2.24) is 20.4 Å². The topological polar surface area (TPSA) is 85.2 Å². The molecule has 1 aromatic heterocycles. The number of nitrogens with zero attached hydrogens (tertiary/aromatic N) is 2. The highest BCUT2D eigenvalue weighted by molar-refractivity contribution is 5.84. The van der Waals surface area contributed by atoms with Crippen LogP contribution in [0.25, 0.3) is 10.8 Å². The predicted octanol–water partition coefficient (Wildman–Crippen LogP) is 2.47. The maximum atomic E-state index is 12.6. The number of carbonyl (C=O) groups excluding carboxylic acids is 1. The van der Waals surface area contributed by atoms with Crippen LogP contribution in [-0.4, -0.2) is 36.1 Å². The van der Waals surface area contributed by atoms with Gasteiger partial charge in [-0.05, 0) is 24.5 Å². The highest BCUT2D eigenvalue weighted by atomic mass is 16.5. The number of aromatic nitrogens is 2. The van der Waals surface area contributed by atoms with Gasteiger partial charge in [-0.15, -0.1) is 0 Å². The first-order chi connectivity index (χ1) is 14.2. The van der Waals surface area contributed by atoms with Crippen LogP contribution in [0.3, 0.4) is 0 Å². The largest absolute Gasteiger partial charge is 0.383 e. The second-order valence-corrected chi connectivity index (χ2v) is 6.71. The summed E-state index contributed by atoms with van der Waals surface area (Å²) < 4.78 is 6.45. The summed E-state index contributed by atoms with van der Waals surface area (Å²) in [5.74, 6) is 0. The van der Waals surface area contributed by atoms with Crippen LogP contribution in [0.5, 0.6) is 0 Å². The lowest BCUT2D eigenvalue weighted by molar-refractivity contribution is 0.181. The van der Waals surface area contributed by atoms with Gasteiger partial charge in [0.25, 0.3) is 5.56 Å². The summed E-state index contributed by atoms with van der Waals surface area (Å²) >= 11 is 0. The van der Waals surface area contributed by atoms with Crippen molar-refractivity contribution in [2.45, 2.75) is 25.9 Å². The molecule has 3 aromatic rings. The number of urea groups is 1. The van der Waals surface area contributed by atoms with Gasteiger partial charge in [-0.25, -0.2) is 9.48 Å². The zero-order chi connectivity index (χ0) is 20.5. The molecule has 3 rings (SSSR count). The number of rotatable bonds is 9. The minimum absolute atomic E-state index is 0.160. The van der Waals surface area contributed by atoms with Crippen LogP contribution >= 0.6 is 0 Å². The maximum Gasteiger partial charge on any atom is 0.315 e. The fraction of sp³-hybridized carbons (Fsp3) is 0.318. The van der Waals surface area contributed by atoms with E-state index < -0.39 is 0 Å². The summed E-state index contributed by atoms with van der Waals surface area (Å²) in [6.07, 6.45) is 1.78. The Hall–Kier alpha value is -3.19. The molecule has 0 aliphatic rings. The second-order valence-electron chi connectivity index (χ2n) is 6.71. The van der Waals surface area contributed by atoms with Crippen molar-refractivity contribution in [2.24, 2.45) is 0 Å². The minimum atomic E-state index is -0.251. The van der Waals surface area contributed by atoms with Crippen molar-refractivity contribution in [3.8, 4) is 0 Å². The molecule has 152 valence electrons. The summed E-state index contributed by atoms with van der Waals surface area (Å²) in [6.45, 7) is 1.57. The Morgan fingerprint density at radius 1 is 1.03 bits per heavy atom. The summed E-state index contributed by atoms with van der Waals surface area (Å²) in [5.41, 5.74) is 1.74. The molecule has 0 radical (unpaired) electrons. The molecule has 0 aliphatic carbocycles. The zero-order valence-corrected chi connectivity index (χ0v) is 16.6. The number of benzene rings is 2. The fourth-order valence-corrected chi connectivity index (χ4v) is 3.13. The quantitative estimate of drug-likeness (QED) is 0.546. The van der Waals surface area contributed by atoms with Crippen molar-refractivity contribution in [3.05, 3.63) is 76.2 Å². The first kappa shape index (κ1) is 20.5. The standard InChI is InChI=1S/C22H26N4O3/c1-29-15-14-26-21(27)19-12-6-5-11-18(19)20(25-26)16-24-22(28)23-13-7-10-17-8-3-2-4-9-17/h2-6,8-9,11-12H,7,10,13-16H2,1H3,(H2,23,24,28). The molecular weight excluding hydrogens is 368 g/mol. The molecular formula is C22H26N4O3. The van der Waals surface area contributed by atoms with E-state index in [2.05, 4.69) is 27.9 Å². The van der Waals surface area contributed by atoms with Crippen molar-refractivity contribution in [2.75, 3.05) is 20.3 Å². The maximum absolute atomic E-state index is 12.6. The predicted molar refractivity (Wildman–Crippen MR) is 113 cm³/mol. The third kappa shape index (κ3) is 5.65. The SMILES string of the molecule is COCCn1nc(CNC(=O)NCCCc2ccccc2)c2ccccc2c1=O. The summed E-state index contributed by atoms with van der Waals surface area (Å²) in [7, 11) is 1.58. The smallest absolute Gasteiger partial charge is 0.315 e. The number of amides is 2. The van der Waals surface area contributed by atoms with E-state index in [1.807, 2.05) is 36.4 Å². The molecule has 0 atom stereocenters. The van der Waals surface area contributed by atoms with Crippen molar-refractivity contribution < 1.29 is 9.53 Å². The molecule has 0 saturated carbocycles. The van der Waals surface area contributed by atoms with Gasteiger partial charge < -0.3 is 15.4 Å². The molecule has 0 unspecified atom stereocenters. The number of hydrogen-bond donors (Lipinski definition) is 2. The van der Waals surface area contributed by atoms with Crippen LogP contribution in [0, 0.1) is 0 Å². The lowest BCUT2D eigenvalue weighted by Gasteiger charge is -2.12. The molecule has 7 nitrogen and oxygen atoms in total. The van der Waals surface area contributed by atoms with Crippen LogP contribution in [0.4, 0.5) is 4.79 Å². The molecule has 2 N–H and O–H groups in total. The Morgan fingerprint density at radius 3 is 2.52 bits per heavy atom. The average molecular weight is 394 g/mol. The number of methoxy groups -OCH3 is 1. The molecule has 0 bridgehead atoms. The van der Waals surface area contributed by atoms with E-state index in [9.17, 15) is 9.59 Å². The van der Waals surface area contributed by atoms with Gasteiger partial charge >= 0.3 is 6.03 Å². The zero-order valence-electron chi connectivity index (χ0n) is 16.6. The number of aryl methyl sites for hydroxylation is 1. The normalized spacial score (nSPS) is 10.8. The summed E-state index contributed by atoms with van der Waals surface area (Å²) in [6, 6.07) is 17.2. The molecule has 0 saturated heterocycles. The molecule has 7 heteroatoms. The number of nitrogens with one attached hydrogen (secondary N) is 2. The number of ether oxygens (including phenoxy) is 1. The van der Waals surface area contributed by atoms with E-state index in [0.29, 0.717) is 30.8 Å². The first-order valence-corrected chi connectivity index (χ1v) is 9.72. The third-order valence-electron chi connectivity index (χ3n) is 4.64. The fourth-order valence-electron chi connectivity index (χ4n) is 3.13. The monoisotopic (exact) mass is 394 g/mol. The summed E-state index contributed by atoms with van der Waals surface area (Å²) in [5, 5.41) is 11.5. The van der Waals surface area contributed by atoms with Gasteiger partial charge in [0.1, 0.15) is 0 Å². The second kappa shape index (κ2) is 10.4. The van der Waals surface area contributed by atoms with Crippen LogP contribution in [0.15, 0.2) is 59.4 Å². The van der Waals surface area contributed by atoms with E-state index in [1.165, 1.54) is 10.2 Å². The lowest BCUT2D eigenvalue weighted by Crippen LogP contribution is -2.36. The van der Waals surface area contributed by atoms with Crippen LogP contribution < -0.4 is 16.2 Å². The van der Waals surface area contributed by atoms with E-state index in [4.69, 9.17) is 4.74 Å².